The predicted molar refractivity (Wildman–Crippen MR) is 246 cm³/mol. The molecule has 0 unspecified atom stereocenters. The second-order valence-corrected chi connectivity index (χ2v) is 21.6. The van der Waals surface area contributed by atoms with Gasteiger partial charge in [-0.25, -0.2) is 72.5 Å². The number of ether oxygens (including phenoxy) is 10. The molecule has 1 rings (SSSR count). The van der Waals surface area contributed by atoms with E-state index in [1.165, 1.54) is 13.8 Å². The summed E-state index contributed by atoms with van der Waals surface area (Å²) in [5.41, 5.74) is 0. The lowest BCUT2D eigenvalue weighted by Crippen LogP contribution is -2.90. The highest BCUT2D eigenvalue weighted by atomic mass is 31.2. The van der Waals surface area contributed by atoms with Crippen molar-refractivity contribution in [2.24, 2.45) is 0 Å². The first-order valence-corrected chi connectivity index (χ1v) is 28.4. The van der Waals surface area contributed by atoms with E-state index in [9.17, 15) is 72.9 Å². The van der Waals surface area contributed by atoms with E-state index < -0.39 is 200 Å². The van der Waals surface area contributed by atoms with Gasteiger partial charge in [0.25, 0.3) is 11.6 Å². The maximum Gasteiger partial charge on any atom is 0.484 e. The number of aliphatic hydroxyl groups is 4. The van der Waals surface area contributed by atoms with Crippen LogP contribution in [0.2, 0.25) is 0 Å². The molecule has 4 N–H and O–H groups in total. The van der Waals surface area contributed by atoms with Crippen LogP contribution in [-0.2, 0) is 168 Å². The minimum Gasteiger partial charge on any atom is -0.452 e. The summed E-state index contributed by atoms with van der Waals surface area (Å²) in [6.45, 7) is -6.07. The molecular formula is C38H60O40P4. The van der Waals surface area contributed by atoms with E-state index in [0.717, 1.165) is 0 Å². The second-order valence-electron chi connectivity index (χ2n) is 15.2. The molecule has 0 bridgehead atoms. The van der Waals surface area contributed by atoms with E-state index in [1.54, 1.807) is 0 Å². The Morgan fingerprint density at radius 3 is 0.890 bits per heavy atom. The van der Waals surface area contributed by atoms with Gasteiger partial charge in [-0.1, -0.05) is 13.8 Å². The molecule has 82 heavy (non-hydrogen) atoms. The number of hydrogen-bond donors (Lipinski definition) is 4. The average Bonchev–Trinajstić information content (AvgIpc) is 0.764. The maximum atomic E-state index is 15.2. The Labute approximate surface area is 463 Å². The topological polar surface area (TPSA) is 523 Å². The lowest BCUT2D eigenvalue weighted by molar-refractivity contribution is -0.535. The standard InChI is InChI=1S/C38H60O40P4/c1-11-13-31(47)73-34-33(49)35(50,75-79(53,65-15-57-23(3)39)66-16-58-24(4)40)37(51,77-81(55,69-19-61-27(7)43)70-20-62-28(8)44)38(52,78-82(56,71-21-63-29(9)45)72-22-64-30(10)46)36(34,74-32(48)14-12-2)76-80(54,67-17-59-25(5)41)68-18-60-26(6)42/h33-34,49-52H,11-22H2,1-10H3/t33-,34+,35-,36-,37+,38+/m1/s1. The Bertz CT molecular complexity index is 2350. The highest BCUT2D eigenvalue weighted by Gasteiger charge is 2.91. The van der Waals surface area contributed by atoms with E-state index in [-0.39, 0.29) is 6.42 Å². The molecule has 0 saturated heterocycles. The average molecular weight is 1280 g/mol. The molecule has 1 aliphatic carbocycles. The monoisotopic (exact) mass is 1280 g/mol. The van der Waals surface area contributed by atoms with E-state index >= 15 is 13.7 Å². The molecule has 0 aromatic rings. The number of rotatable bonds is 38. The van der Waals surface area contributed by atoms with Crippen molar-refractivity contribution < 1.29 is 188 Å². The summed E-state index contributed by atoms with van der Waals surface area (Å²) in [5, 5.41) is 53.2. The number of hydrogen-bond acceptors (Lipinski definition) is 40. The van der Waals surface area contributed by atoms with Gasteiger partial charge in [0.15, 0.2) is 6.10 Å². The minimum absolute atomic E-state index is 0.329. The van der Waals surface area contributed by atoms with Gasteiger partial charge >= 0.3 is 103 Å². The van der Waals surface area contributed by atoms with Gasteiger partial charge in [0, 0.05) is 68.2 Å². The number of carbonyl (C=O) groups excluding carboxylic acids is 10. The van der Waals surface area contributed by atoms with Gasteiger partial charge in [-0.15, -0.1) is 0 Å². The molecule has 0 aromatic heterocycles. The zero-order valence-electron chi connectivity index (χ0n) is 44.9. The molecular weight excluding hydrogens is 1220 g/mol. The summed E-state index contributed by atoms with van der Waals surface area (Å²) in [5.74, 6) is -36.6. The van der Waals surface area contributed by atoms with Crippen LogP contribution in [0.3, 0.4) is 0 Å². The molecule has 0 radical (unpaired) electrons. The largest absolute Gasteiger partial charge is 0.484 e. The third-order valence-corrected chi connectivity index (χ3v) is 14.0. The van der Waals surface area contributed by atoms with Crippen LogP contribution in [0.4, 0.5) is 0 Å². The third kappa shape index (κ3) is 23.2. The molecule has 0 amide bonds. The van der Waals surface area contributed by atoms with Crippen molar-refractivity contribution in [2.45, 2.75) is 130 Å². The first kappa shape index (κ1) is 75.0. The molecule has 0 aromatic carbocycles. The lowest BCUT2D eigenvalue weighted by Gasteiger charge is -2.61. The van der Waals surface area contributed by atoms with E-state index in [2.05, 4.69) is 37.9 Å². The quantitative estimate of drug-likeness (QED) is 0.0290. The third-order valence-electron chi connectivity index (χ3n) is 8.68. The van der Waals surface area contributed by atoms with Gasteiger partial charge in [-0.3, -0.25) is 47.9 Å². The van der Waals surface area contributed by atoms with Crippen LogP contribution in [-0.4, -0.2) is 170 Å². The molecule has 0 aliphatic heterocycles. The van der Waals surface area contributed by atoms with E-state index in [0.29, 0.717) is 55.4 Å². The van der Waals surface area contributed by atoms with Crippen molar-refractivity contribution in [1.82, 2.24) is 0 Å². The number of esters is 10. The van der Waals surface area contributed by atoms with E-state index in [1.807, 2.05) is 0 Å². The van der Waals surface area contributed by atoms with Crippen LogP contribution in [0.5, 0.6) is 0 Å². The second kappa shape index (κ2) is 33.5. The van der Waals surface area contributed by atoms with Gasteiger partial charge in [-0.2, -0.15) is 0 Å². The SMILES string of the molecule is CCCC(=O)O[C@H]1[C@@H](O)[C@@](O)(OP(=O)(OCOC(C)=O)OCOC(C)=O)[C@](O)(OP(=O)(OCOC(C)=O)OCOC(C)=O)[C@@](O)(OP(=O)(OCOC(C)=O)OCOC(C)=O)[C@]1(OC(=O)CCC)OP(=O)(OCOC(C)=O)OCOC(C)=O. The fraction of sp³-hybridized carbons (Fsp3) is 0.737. The molecule has 44 heteroatoms. The smallest absolute Gasteiger partial charge is 0.452 e. The van der Waals surface area contributed by atoms with Crippen LogP contribution in [0, 0.1) is 0 Å². The number of aliphatic hydroxyl groups excluding tert-OH is 1. The Hall–Kier alpha value is -5.02. The Morgan fingerprint density at radius 2 is 0.622 bits per heavy atom. The van der Waals surface area contributed by atoms with Crippen molar-refractivity contribution >= 4 is 91.0 Å². The van der Waals surface area contributed by atoms with Crippen molar-refractivity contribution in [3.05, 3.63) is 0 Å². The lowest BCUT2D eigenvalue weighted by atomic mass is 9.74. The van der Waals surface area contributed by atoms with Crippen LogP contribution in [0.15, 0.2) is 0 Å². The molecule has 6 atom stereocenters. The number of carbonyl (C=O) groups is 10. The minimum atomic E-state index is -6.78. The summed E-state index contributed by atoms with van der Waals surface area (Å²) < 4.78 is 168. The summed E-state index contributed by atoms with van der Waals surface area (Å²) in [6, 6.07) is 0. The van der Waals surface area contributed by atoms with Crippen LogP contribution in [0.25, 0.3) is 0 Å². The van der Waals surface area contributed by atoms with Crippen molar-refractivity contribution in [1.29, 1.82) is 0 Å². The Kier molecular flexibility index (Phi) is 30.6. The number of phosphoric acid groups is 4. The molecule has 1 saturated carbocycles. The van der Waals surface area contributed by atoms with Crippen LogP contribution < -0.4 is 0 Å². The molecule has 40 nitrogen and oxygen atoms in total. The van der Waals surface area contributed by atoms with E-state index in [4.69, 9.17) is 63.8 Å². The summed E-state index contributed by atoms with van der Waals surface area (Å²) in [7, 11) is -26.7. The number of phosphoric ester groups is 4. The molecule has 0 spiro atoms. The highest BCUT2D eigenvalue weighted by molar-refractivity contribution is 7.49. The van der Waals surface area contributed by atoms with Gasteiger partial charge in [-0.05, 0) is 12.8 Å². The Morgan fingerprint density at radius 1 is 0.378 bits per heavy atom. The summed E-state index contributed by atoms with van der Waals surface area (Å²) in [4.78, 5) is 124. The molecule has 1 aliphatic rings. The maximum absolute atomic E-state index is 15.2. The van der Waals surface area contributed by atoms with Gasteiger partial charge in [0.05, 0.1) is 0 Å². The summed E-state index contributed by atoms with van der Waals surface area (Å²) in [6.07, 6.45) is -10.9. The predicted octanol–water partition coefficient (Wildman–Crippen LogP) is 0.975. The van der Waals surface area contributed by atoms with Crippen molar-refractivity contribution in [3.8, 4) is 0 Å². The molecule has 0 heterocycles. The van der Waals surface area contributed by atoms with Gasteiger partial charge in [0.1, 0.15) is 0 Å². The Balaban J connectivity index is 5.48. The zero-order chi connectivity index (χ0) is 63.0. The fourth-order valence-corrected chi connectivity index (χ4v) is 9.79. The molecule has 1 fully saturated rings. The zero-order valence-corrected chi connectivity index (χ0v) is 48.5. The van der Waals surface area contributed by atoms with Crippen molar-refractivity contribution in [3.63, 3.8) is 0 Å². The van der Waals surface area contributed by atoms with Crippen LogP contribution >= 0.6 is 31.3 Å². The first-order valence-electron chi connectivity index (χ1n) is 22.6. The van der Waals surface area contributed by atoms with Gasteiger partial charge in [0.2, 0.25) is 60.4 Å². The van der Waals surface area contributed by atoms with Crippen molar-refractivity contribution in [2.75, 3.05) is 54.3 Å². The molecule has 472 valence electrons. The highest BCUT2D eigenvalue weighted by Crippen LogP contribution is 2.71. The summed E-state index contributed by atoms with van der Waals surface area (Å²) >= 11 is 0. The normalized spacial score (nSPS) is 21.9. The van der Waals surface area contributed by atoms with Crippen LogP contribution in [0.1, 0.15) is 94.9 Å². The fourth-order valence-electron chi connectivity index (χ4n) is 5.30. The first-order chi connectivity index (χ1) is 37.9. The van der Waals surface area contributed by atoms with Gasteiger partial charge < -0.3 is 67.8 Å².